The largest absolute Gasteiger partial charge is 0.458 e. The molecule has 4 atom stereocenters. The van der Waals surface area contributed by atoms with Crippen LogP contribution in [0, 0.1) is 11.8 Å². The van der Waals surface area contributed by atoms with Crippen molar-refractivity contribution in [2.45, 2.75) is 117 Å². The fourth-order valence-corrected chi connectivity index (χ4v) is 4.96. The van der Waals surface area contributed by atoms with E-state index in [1.807, 2.05) is 62.4 Å². The van der Waals surface area contributed by atoms with E-state index < -0.39 is 65.3 Å². The van der Waals surface area contributed by atoms with Crippen molar-refractivity contribution in [1.29, 1.82) is 0 Å². The van der Waals surface area contributed by atoms with Gasteiger partial charge >= 0.3 is 12.1 Å². The molecule has 0 spiro atoms. The van der Waals surface area contributed by atoms with Crippen molar-refractivity contribution in [2.24, 2.45) is 11.8 Å². The first-order valence-electron chi connectivity index (χ1n) is 17.2. The Labute approximate surface area is 295 Å². The quantitative estimate of drug-likeness (QED) is 0.132. The molecule has 4 N–H and O–H groups in total. The molecular weight excluding hydrogens is 640 g/mol. The third kappa shape index (κ3) is 14.8. The van der Waals surface area contributed by atoms with E-state index in [0.29, 0.717) is 6.42 Å². The first-order chi connectivity index (χ1) is 23.5. The lowest BCUT2D eigenvalue weighted by molar-refractivity contribution is -0.160. The summed E-state index contributed by atoms with van der Waals surface area (Å²) in [6.45, 7) is 14.0. The lowest BCUT2D eigenvalue weighted by Gasteiger charge is -2.28. The van der Waals surface area contributed by atoms with Crippen molar-refractivity contribution in [3.63, 3.8) is 0 Å². The number of carbonyl (C=O) groups excluding carboxylic acids is 6. The van der Waals surface area contributed by atoms with Gasteiger partial charge in [-0.25, -0.2) is 9.59 Å². The number of aryl methyl sites for hydroxylation is 1. The SMILES string of the molecule is CCC(NC(=O)[C@H](CCc1ccccc1)NC(=O)OCc1ccccc1)C(=O)C(=O)N[C@H](CC(C)C)C(=O)N[C@H](C(=O)OC(C)(C)C)C(C)C. The van der Waals surface area contributed by atoms with Crippen LogP contribution < -0.4 is 21.3 Å². The van der Waals surface area contributed by atoms with Gasteiger partial charge in [0.2, 0.25) is 17.6 Å². The zero-order valence-corrected chi connectivity index (χ0v) is 30.5. The highest BCUT2D eigenvalue weighted by Gasteiger charge is 2.35. The third-order valence-electron chi connectivity index (χ3n) is 7.60. The van der Waals surface area contributed by atoms with Crippen molar-refractivity contribution in [2.75, 3.05) is 0 Å². The Bertz CT molecular complexity index is 1420. The van der Waals surface area contributed by atoms with Crippen LogP contribution in [0.4, 0.5) is 4.79 Å². The molecule has 0 saturated carbocycles. The third-order valence-corrected chi connectivity index (χ3v) is 7.60. The highest BCUT2D eigenvalue weighted by atomic mass is 16.6. The second-order valence-electron chi connectivity index (χ2n) is 14.0. The van der Waals surface area contributed by atoms with Gasteiger partial charge in [-0.15, -0.1) is 0 Å². The maximum absolute atomic E-state index is 13.5. The minimum atomic E-state index is -1.24. The number of ketones is 1. The van der Waals surface area contributed by atoms with Gasteiger partial charge in [-0.1, -0.05) is 95.3 Å². The summed E-state index contributed by atoms with van der Waals surface area (Å²) in [5.74, 6) is -4.31. The lowest BCUT2D eigenvalue weighted by atomic mass is 9.99. The Balaban J connectivity index is 2.15. The standard InChI is InChI=1S/C38H54N4O8/c1-9-28(32(43)35(46)40-30(22-24(2)3)34(45)42-31(25(4)5)36(47)50-38(6,7)8)39-33(44)29(21-20-26-16-12-10-13-17-26)41-37(48)49-23-27-18-14-11-15-19-27/h10-19,24-25,28-31H,9,20-23H2,1-8H3,(H,39,44)(H,40,46)(H,41,48)(H,42,45)/t28?,29-,30+,31-/m0/s1. The summed E-state index contributed by atoms with van der Waals surface area (Å²) >= 11 is 0. The topological polar surface area (TPSA) is 169 Å². The van der Waals surface area contributed by atoms with Crippen LogP contribution in [-0.4, -0.2) is 65.3 Å². The zero-order chi connectivity index (χ0) is 37.4. The summed E-state index contributed by atoms with van der Waals surface area (Å²) in [6, 6.07) is 14.0. The molecule has 0 aliphatic rings. The van der Waals surface area contributed by atoms with Gasteiger partial charge in [-0.05, 0) is 69.4 Å². The Morgan fingerprint density at radius 2 is 1.26 bits per heavy atom. The molecule has 0 aliphatic heterocycles. The second-order valence-corrected chi connectivity index (χ2v) is 14.0. The first kappa shape index (κ1) is 41.4. The Hall–Kier alpha value is -4.74. The fourth-order valence-electron chi connectivity index (χ4n) is 4.96. The highest BCUT2D eigenvalue weighted by molar-refractivity contribution is 6.38. The number of hydrogen-bond donors (Lipinski definition) is 4. The van der Waals surface area contributed by atoms with E-state index in [1.54, 1.807) is 53.7 Å². The second kappa shape index (κ2) is 20.1. The number of Topliss-reactive ketones (excluding diaryl/α,β-unsaturated/α-hetero) is 1. The van der Waals surface area contributed by atoms with Crippen LogP contribution in [0.15, 0.2) is 60.7 Å². The van der Waals surface area contributed by atoms with Crippen LogP contribution in [0.5, 0.6) is 0 Å². The summed E-state index contributed by atoms with van der Waals surface area (Å²) in [5, 5.41) is 10.4. The molecule has 0 aliphatic carbocycles. The number of benzene rings is 2. The molecule has 2 aromatic carbocycles. The summed E-state index contributed by atoms with van der Waals surface area (Å²) in [5.41, 5.74) is 0.933. The molecule has 12 heteroatoms. The summed E-state index contributed by atoms with van der Waals surface area (Å²) in [7, 11) is 0. The molecule has 0 saturated heterocycles. The molecule has 4 amide bonds. The van der Waals surface area contributed by atoms with Crippen LogP contribution >= 0.6 is 0 Å². The zero-order valence-electron chi connectivity index (χ0n) is 30.5. The van der Waals surface area contributed by atoms with E-state index in [-0.39, 0.29) is 37.7 Å². The summed E-state index contributed by atoms with van der Waals surface area (Å²) < 4.78 is 10.8. The van der Waals surface area contributed by atoms with Gasteiger partial charge < -0.3 is 30.7 Å². The predicted octanol–water partition coefficient (Wildman–Crippen LogP) is 4.39. The molecule has 0 heterocycles. The number of amides is 4. The Morgan fingerprint density at radius 3 is 1.78 bits per heavy atom. The van der Waals surface area contributed by atoms with E-state index in [1.165, 1.54) is 0 Å². The van der Waals surface area contributed by atoms with Gasteiger partial charge in [0.25, 0.3) is 5.91 Å². The van der Waals surface area contributed by atoms with Crippen LogP contribution in [0.1, 0.15) is 85.8 Å². The molecule has 2 aromatic rings. The predicted molar refractivity (Wildman–Crippen MR) is 190 cm³/mol. The molecule has 0 radical (unpaired) electrons. The van der Waals surface area contributed by atoms with Gasteiger partial charge in [-0.3, -0.25) is 19.2 Å². The summed E-state index contributed by atoms with van der Waals surface area (Å²) in [4.78, 5) is 79.1. The van der Waals surface area contributed by atoms with Gasteiger partial charge in [0.1, 0.15) is 30.3 Å². The minimum absolute atomic E-state index is 0.00322. The van der Waals surface area contributed by atoms with Crippen molar-refractivity contribution in [3.8, 4) is 0 Å². The number of esters is 1. The average molecular weight is 695 g/mol. The maximum atomic E-state index is 13.5. The fraction of sp³-hybridized carbons (Fsp3) is 0.526. The van der Waals surface area contributed by atoms with Crippen molar-refractivity contribution < 1.29 is 38.2 Å². The van der Waals surface area contributed by atoms with Gasteiger partial charge in [0, 0.05) is 0 Å². The van der Waals surface area contributed by atoms with Gasteiger partial charge in [-0.2, -0.15) is 0 Å². The first-order valence-corrected chi connectivity index (χ1v) is 17.2. The molecule has 1 unspecified atom stereocenters. The number of nitrogens with one attached hydrogen (secondary N) is 4. The van der Waals surface area contributed by atoms with E-state index in [2.05, 4.69) is 21.3 Å². The van der Waals surface area contributed by atoms with Crippen LogP contribution in [-0.2, 0) is 46.5 Å². The molecule has 0 bridgehead atoms. The maximum Gasteiger partial charge on any atom is 0.408 e. The van der Waals surface area contributed by atoms with E-state index in [9.17, 15) is 28.8 Å². The smallest absolute Gasteiger partial charge is 0.408 e. The lowest BCUT2D eigenvalue weighted by Crippen LogP contribution is -2.57. The number of rotatable bonds is 18. The van der Waals surface area contributed by atoms with Crippen LogP contribution in [0.3, 0.4) is 0 Å². The molecule has 274 valence electrons. The number of ether oxygens (including phenoxy) is 2. The molecular formula is C38H54N4O8. The monoisotopic (exact) mass is 694 g/mol. The number of alkyl carbamates (subject to hydrolysis) is 1. The normalized spacial score (nSPS) is 13.7. The van der Waals surface area contributed by atoms with Crippen LogP contribution in [0.2, 0.25) is 0 Å². The Kier molecular flexibility index (Phi) is 16.6. The molecule has 50 heavy (non-hydrogen) atoms. The van der Waals surface area contributed by atoms with Crippen LogP contribution in [0.25, 0.3) is 0 Å². The average Bonchev–Trinajstić information content (AvgIpc) is 3.05. The highest BCUT2D eigenvalue weighted by Crippen LogP contribution is 2.14. The Morgan fingerprint density at radius 1 is 0.700 bits per heavy atom. The number of carbonyl (C=O) groups is 6. The van der Waals surface area contributed by atoms with Crippen molar-refractivity contribution >= 4 is 35.6 Å². The molecule has 0 fully saturated rings. The van der Waals surface area contributed by atoms with E-state index in [0.717, 1.165) is 11.1 Å². The minimum Gasteiger partial charge on any atom is -0.458 e. The van der Waals surface area contributed by atoms with Gasteiger partial charge in [0.15, 0.2) is 0 Å². The van der Waals surface area contributed by atoms with Crippen molar-refractivity contribution in [1.82, 2.24) is 21.3 Å². The molecule has 12 nitrogen and oxygen atoms in total. The molecule has 0 aromatic heterocycles. The van der Waals surface area contributed by atoms with Gasteiger partial charge in [0.05, 0.1) is 6.04 Å². The van der Waals surface area contributed by atoms with E-state index >= 15 is 0 Å². The number of hydrogen-bond acceptors (Lipinski definition) is 8. The summed E-state index contributed by atoms with van der Waals surface area (Å²) in [6.07, 6.45) is 0.0716. The van der Waals surface area contributed by atoms with E-state index in [4.69, 9.17) is 9.47 Å². The molecule has 2 rings (SSSR count). The van der Waals surface area contributed by atoms with Crippen molar-refractivity contribution in [3.05, 3.63) is 71.8 Å².